The zero-order valence-electron chi connectivity index (χ0n) is 22.2. The molecule has 0 bridgehead atoms. The minimum atomic E-state index is -0.672. The molecule has 3 heterocycles. The molecule has 3 aliphatic rings. The Kier molecular flexibility index (Phi) is 8.87. The summed E-state index contributed by atoms with van der Waals surface area (Å²) in [5.74, 6) is 0.574. The van der Waals surface area contributed by atoms with Crippen molar-refractivity contribution in [1.82, 2.24) is 20.0 Å². The third-order valence-corrected chi connectivity index (χ3v) is 8.22. The number of nitrogens with one attached hydrogen (secondary N) is 1. The molecule has 35 heavy (non-hydrogen) atoms. The van der Waals surface area contributed by atoms with Crippen LogP contribution in [0.4, 0.5) is 0 Å². The third-order valence-electron chi connectivity index (χ3n) is 8.22. The molecule has 3 saturated heterocycles. The van der Waals surface area contributed by atoms with Gasteiger partial charge in [0.2, 0.25) is 11.8 Å². The van der Waals surface area contributed by atoms with Crippen LogP contribution in [0.5, 0.6) is 0 Å². The maximum atomic E-state index is 13.4. The van der Waals surface area contributed by atoms with Gasteiger partial charge in [0.15, 0.2) is 0 Å². The summed E-state index contributed by atoms with van der Waals surface area (Å²) in [6, 6.07) is 8.73. The third kappa shape index (κ3) is 6.26. The van der Waals surface area contributed by atoms with Crippen LogP contribution in [0.2, 0.25) is 0 Å². The molecular weight excluding hydrogens is 436 g/mol. The second-order valence-electron chi connectivity index (χ2n) is 11.5. The predicted molar refractivity (Wildman–Crippen MR) is 141 cm³/mol. The first-order chi connectivity index (χ1) is 16.9. The molecule has 1 spiro atoms. The highest BCUT2D eigenvalue weighted by atomic mass is 16.2. The van der Waals surface area contributed by atoms with Crippen molar-refractivity contribution < 1.29 is 9.59 Å². The summed E-state index contributed by atoms with van der Waals surface area (Å²) in [6.45, 7) is 13.1. The van der Waals surface area contributed by atoms with E-state index in [0.717, 1.165) is 51.9 Å². The Hall–Kier alpha value is -1.92. The molecule has 0 radical (unpaired) electrons. The van der Waals surface area contributed by atoms with Gasteiger partial charge < -0.3 is 10.2 Å². The largest absolute Gasteiger partial charge is 0.342 e. The topological polar surface area (TPSA) is 55.9 Å². The molecule has 4 rings (SSSR count). The summed E-state index contributed by atoms with van der Waals surface area (Å²) < 4.78 is 0. The number of carbonyl (C=O) groups is 2. The molecule has 0 saturated carbocycles. The van der Waals surface area contributed by atoms with Crippen LogP contribution in [0.1, 0.15) is 83.3 Å². The van der Waals surface area contributed by atoms with Gasteiger partial charge in [0.25, 0.3) is 0 Å². The molecule has 1 aromatic rings. The van der Waals surface area contributed by atoms with E-state index in [2.05, 4.69) is 60.2 Å². The number of amides is 2. The highest BCUT2D eigenvalue weighted by molar-refractivity contribution is 6.00. The molecule has 6 nitrogen and oxygen atoms in total. The number of likely N-dealkylation sites (tertiary alicyclic amines) is 2. The van der Waals surface area contributed by atoms with Gasteiger partial charge in [-0.25, -0.2) is 0 Å². The molecular formula is C29H46N4O2. The molecule has 6 heteroatoms. The summed E-state index contributed by atoms with van der Waals surface area (Å²) in [5.41, 5.74) is 2.05. The van der Waals surface area contributed by atoms with Gasteiger partial charge >= 0.3 is 0 Å². The van der Waals surface area contributed by atoms with Gasteiger partial charge in [-0.05, 0) is 68.7 Å². The number of benzene rings is 1. The van der Waals surface area contributed by atoms with Crippen molar-refractivity contribution in [2.24, 2.45) is 5.92 Å². The average Bonchev–Trinajstić information content (AvgIpc) is 2.85. The fourth-order valence-corrected chi connectivity index (χ4v) is 6.11. The van der Waals surface area contributed by atoms with Crippen LogP contribution in [0.3, 0.4) is 0 Å². The first kappa shape index (κ1) is 26.2. The lowest BCUT2D eigenvalue weighted by atomic mass is 9.80. The first-order valence-corrected chi connectivity index (χ1v) is 14.1. The fraction of sp³-hybridized carbons (Fsp3) is 0.724. The van der Waals surface area contributed by atoms with E-state index in [1.54, 1.807) is 0 Å². The molecule has 3 fully saturated rings. The standard InChI is InChI=1S/C29H46N4O2/c1-4-5-17-33-27(34)26(20-23(2)3)30-28(35)29(33)13-18-32(19-14-29)22-25-11-9-24(10-12-25)21-31-15-7-6-8-16-31/h9-12,23,26H,4-8,13-22H2,1-3H3,(H,30,35). The monoisotopic (exact) mass is 482 g/mol. The van der Waals surface area contributed by atoms with E-state index < -0.39 is 5.54 Å². The van der Waals surface area contributed by atoms with E-state index in [1.807, 2.05) is 4.90 Å². The van der Waals surface area contributed by atoms with Crippen LogP contribution in [0, 0.1) is 5.92 Å². The Bertz CT molecular complexity index is 839. The summed E-state index contributed by atoms with van der Waals surface area (Å²) in [4.78, 5) is 33.8. The Morgan fingerprint density at radius 2 is 1.49 bits per heavy atom. The van der Waals surface area contributed by atoms with Gasteiger partial charge in [-0.2, -0.15) is 0 Å². The maximum absolute atomic E-state index is 13.4. The van der Waals surface area contributed by atoms with Crippen LogP contribution in [0.15, 0.2) is 24.3 Å². The van der Waals surface area contributed by atoms with Crippen LogP contribution >= 0.6 is 0 Å². The minimum absolute atomic E-state index is 0.0700. The summed E-state index contributed by atoms with van der Waals surface area (Å²) in [6.07, 6.45) is 8.14. The lowest BCUT2D eigenvalue weighted by Crippen LogP contribution is -2.73. The zero-order valence-corrected chi connectivity index (χ0v) is 22.2. The van der Waals surface area contributed by atoms with Gasteiger partial charge in [-0.15, -0.1) is 0 Å². The summed E-state index contributed by atoms with van der Waals surface area (Å²) in [7, 11) is 0. The SMILES string of the molecule is CCCCN1C(=O)C(CC(C)C)NC(=O)C12CCN(Cc1ccc(CN3CCCCC3)cc1)CC2. The highest BCUT2D eigenvalue weighted by Crippen LogP contribution is 2.34. The van der Waals surface area contributed by atoms with Gasteiger partial charge in [-0.3, -0.25) is 19.4 Å². The molecule has 0 aromatic heterocycles. The Labute approximate surface area is 212 Å². The Morgan fingerprint density at radius 1 is 0.914 bits per heavy atom. The van der Waals surface area contributed by atoms with Gasteiger partial charge in [0.1, 0.15) is 11.6 Å². The van der Waals surface area contributed by atoms with E-state index in [0.29, 0.717) is 18.9 Å². The predicted octanol–water partition coefficient (Wildman–Crippen LogP) is 4.18. The van der Waals surface area contributed by atoms with Crippen LogP contribution in [0.25, 0.3) is 0 Å². The normalized spacial score (nSPS) is 23.8. The second-order valence-corrected chi connectivity index (χ2v) is 11.5. The number of hydrogen-bond donors (Lipinski definition) is 1. The van der Waals surface area contributed by atoms with E-state index in [9.17, 15) is 9.59 Å². The summed E-state index contributed by atoms with van der Waals surface area (Å²) in [5, 5.41) is 3.12. The molecule has 1 aromatic carbocycles. The van der Waals surface area contributed by atoms with Gasteiger partial charge in [0, 0.05) is 32.7 Å². The molecule has 194 valence electrons. The highest BCUT2D eigenvalue weighted by Gasteiger charge is 2.53. The van der Waals surface area contributed by atoms with Gasteiger partial charge in [0.05, 0.1) is 0 Å². The molecule has 3 aliphatic heterocycles. The number of piperazine rings is 1. The zero-order chi connectivity index (χ0) is 24.8. The molecule has 2 amide bonds. The van der Waals surface area contributed by atoms with Crippen LogP contribution < -0.4 is 5.32 Å². The van der Waals surface area contributed by atoms with E-state index in [4.69, 9.17) is 0 Å². The minimum Gasteiger partial charge on any atom is -0.342 e. The van der Waals surface area contributed by atoms with E-state index in [1.165, 1.54) is 43.5 Å². The van der Waals surface area contributed by atoms with Crippen molar-refractivity contribution in [2.75, 3.05) is 32.7 Å². The Balaban J connectivity index is 1.36. The number of unbranched alkanes of at least 4 members (excludes halogenated alkanes) is 1. The van der Waals surface area contributed by atoms with E-state index >= 15 is 0 Å². The maximum Gasteiger partial charge on any atom is 0.246 e. The molecule has 1 atom stereocenters. The fourth-order valence-electron chi connectivity index (χ4n) is 6.11. The van der Waals surface area contributed by atoms with Crippen molar-refractivity contribution in [3.63, 3.8) is 0 Å². The molecule has 0 aliphatic carbocycles. The van der Waals surface area contributed by atoms with Crippen molar-refractivity contribution in [2.45, 2.75) is 96.8 Å². The summed E-state index contributed by atoms with van der Waals surface area (Å²) >= 11 is 0. The van der Waals surface area contributed by atoms with Gasteiger partial charge in [-0.1, -0.05) is 57.9 Å². The number of hydrogen-bond acceptors (Lipinski definition) is 4. The molecule has 1 N–H and O–H groups in total. The number of carbonyl (C=O) groups excluding carboxylic acids is 2. The van der Waals surface area contributed by atoms with Crippen molar-refractivity contribution in [3.8, 4) is 0 Å². The van der Waals surface area contributed by atoms with Crippen molar-refractivity contribution in [1.29, 1.82) is 0 Å². The number of piperidine rings is 2. The molecule has 1 unspecified atom stereocenters. The van der Waals surface area contributed by atoms with E-state index in [-0.39, 0.29) is 17.9 Å². The van der Waals surface area contributed by atoms with Crippen LogP contribution in [-0.2, 0) is 22.7 Å². The Morgan fingerprint density at radius 3 is 2.03 bits per heavy atom. The number of nitrogens with zero attached hydrogens (tertiary/aromatic N) is 3. The first-order valence-electron chi connectivity index (χ1n) is 14.1. The average molecular weight is 483 g/mol. The lowest BCUT2D eigenvalue weighted by Gasteiger charge is -2.52. The smallest absolute Gasteiger partial charge is 0.246 e. The lowest BCUT2D eigenvalue weighted by molar-refractivity contribution is -0.161. The van der Waals surface area contributed by atoms with Crippen molar-refractivity contribution in [3.05, 3.63) is 35.4 Å². The quantitative estimate of drug-likeness (QED) is 0.574. The second kappa shape index (κ2) is 11.9. The number of rotatable bonds is 9. The van der Waals surface area contributed by atoms with Crippen molar-refractivity contribution >= 4 is 11.8 Å². The van der Waals surface area contributed by atoms with Crippen LogP contribution in [-0.4, -0.2) is 70.8 Å².